The van der Waals surface area contributed by atoms with Gasteiger partial charge in [0.2, 0.25) is 23.6 Å². The van der Waals surface area contributed by atoms with E-state index in [1.54, 1.807) is 30.3 Å². The van der Waals surface area contributed by atoms with Gasteiger partial charge in [-0.2, -0.15) is 0 Å². The lowest BCUT2D eigenvalue weighted by atomic mass is 10.0. The number of carbonyl (C=O) groups is 5. The molecule has 5 heterocycles. The van der Waals surface area contributed by atoms with E-state index in [0.717, 1.165) is 44.6 Å². The molecule has 318 valence electrons. The van der Waals surface area contributed by atoms with Gasteiger partial charge in [0, 0.05) is 91.8 Å². The molecule has 0 radical (unpaired) electrons. The number of anilines is 4. The van der Waals surface area contributed by atoms with Crippen LogP contribution in [0.5, 0.6) is 5.75 Å². The standard InChI is InChI=1S/C43H46ClFN10O6/c1-61-37-22-34-29(41(48-25-47-34)49-26-7-8-32(45)31(44)20-26)21-35(37)50-38(56)6-3-13-52-14-11-27(12-15-52)53-16-18-54(19-17-53)40(58)23-46-33-5-2-4-28-30(33)24-55(43(28)60)36-9-10-39(57)51-42(36)59/h2-8,20-22,25,27,36,46H,9-19,23-24H2,1H3,(H,50,56)(H,47,48,49)(H,51,57,59)/b6-3+. The Balaban J connectivity index is 0.774. The van der Waals surface area contributed by atoms with Crippen LogP contribution >= 0.6 is 11.6 Å². The van der Waals surface area contributed by atoms with Crippen LogP contribution in [0.3, 0.4) is 0 Å². The molecule has 1 aromatic heterocycles. The summed E-state index contributed by atoms with van der Waals surface area (Å²) in [5, 5.41) is 12.2. The minimum Gasteiger partial charge on any atom is -0.494 e. The third-order valence-corrected chi connectivity index (χ3v) is 12.1. The zero-order chi connectivity index (χ0) is 42.6. The van der Waals surface area contributed by atoms with Crippen LogP contribution in [0, 0.1) is 5.82 Å². The molecule has 3 saturated heterocycles. The highest BCUT2D eigenvalue weighted by Crippen LogP contribution is 2.35. The Labute approximate surface area is 356 Å². The number of methoxy groups -OCH3 is 1. The first-order valence-electron chi connectivity index (χ1n) is 20.3. The Morgan fingerprint density at radius 1 is 0.984 bits per heavy atom. The van der Waals surface area contributed by atoms with Crippen molar-refractivity contribution in [3.63, 3.8) is 0 Å². The molecule has 61 heavy (non-hydrogen) atoms. The summed E-state index contributed by atoms with van der Waals surface area (Å²) in [5.41, 5.74) is 3.50. The highest BCUT2D eigenvalue weighted by molar-refractivity contribution is 6.31. The molecule has 0 bridgehead atoms. The number of halogens is 2. The first-order chi connectivity index (χ1) is 29.5. The minimum absolute atomic E-state index is 0.0169. The molecule has 8 rings (SSSR count). The van der Waals surface area contributed by atoms with E-state index >= 15 is 0 Å². The van der Waals surface area contributed by atoms with Crippen molar-refractivity contribution in [3.8, 4) is 5.75 Å². The molecule has 1 unspecified atom stereocenters. The Morgan fingerprint density at radius 3 is 2.54 bits per heavy atom. The number of carbonyl (C=O) groups excluding carboxylic acids is 5. The first kappa shape index (κ1) is 41.6. The van der Waals surface area contributed by atoms with Gasteiger partial charge >= 0.3 is 0 Å². The fraction of sp³-hybridized carbons (Fsp3) is 0.372. The summed E-state index contributed by atoms with van der Waals surface area (Å²) < 4.78 is 19.3. The lowest BCUT2D eigenvalue weighted by Crippen LogP contribution is -2.55. The van der Waals surface area contributed by atoms with E-state index in [4.69, 9.17) is 16.3 Å². The van der Waals surface area contributed by atoms with E-state index < -0.39 is 17.8 Å². The maximum Gasteiger partial charge on any atom is 0.255 e. The molecule has 16 nitrogen and oxygen atoms in total. The normalized spacial score (nSPS) is 19.0. The van der Waals surface area contributed by atoms with Crippen molar-refractivity contribution >= 4 is 74.9 Å². The molecular weight excluding hydrogens is 807 g/mol. The zero-order valence-electron chi connectivity index (χ0n) is 33.6. The summed E-state index contributed by atoms with van der Waals surface area (Å²) in [6.07, 6.45) is 7.22. The van der Waals surface area contributed by atoms with Crippen LogP contribution in [0.4, 0.5) is 27.3 Å². The van der Waals surface area contributed by atoms with Crippen LogP contribution in [0.15, 0.2) is 67.0 Å². The van der Waals surface area contributed by atoms with Crippen LogP contribution in [0.2, 0.25) is 5.02 Å². The molecule has 4 aliphatic heterocycles. The lowest BCUT2D eigenvalue weighted by molar-refractivity contribution is -0.137. The van der Waals surface area contributed by atoms with Crippen molar-refractivity contribution in [2.24, 2.45) is 0 Å². The van der Waals surface area contributed by atoms with Crippen molar-refractivity contribution in [2.75, 3.05) is 75.4 Å². The predicted molar refractivity (Wildman–Crippen MR) is 227 cm³/mol. The number of aromatic nitrogens is 2. The van der Waals surface area contributed by atoms with Crippen LogP contribution in [0.25, 0.3) is 10.9 Å². The van der Waals surface area contributed by atoms with Crippen molar-refractivity contribution in [1.29, 1.82) is 0 Å². The van der Waals surface area contributed by atoms with E-state index in [-0.39, 0.29) is 54.6 Å². The minimum atomic E-state index is -0.700. The smallest absolute Gasteiger partial charge is 0.255 e. The largest absolute Gasteiger partial charge is 0.494 e. The third kappa shape index (κ3) is 9.28. The van der Waals surface area contributed by atoms with Gasteiger partial charge in [-0.15, -0.1) is 0 Å². The number of nitrogens with zero attached hydrogens (tertiary/aromatic N) is 6. The van der Waals surface area contributed by atoms with Gasteiger partial charge in [-0.05, 0) is 68.8 Å². The highest BCUT2D eigenvalue weighted by Gasteiger charge is 2.40. The number of amides is 5. The molecule has 1 atom stereocenters. The second-order valence-electron chi connectivity index (χ2n) is 15.5. The molecule has 18 heteroatoms. The van der Waals surface area contributed by atoms with Crippen LogP contribution in [-0.4, -0.2) is 131 Å². The van der Waals surface area contributed by atoms with Crippen LogP contribution < -0.4 is 26.0 Å². The highest BCUT2D eigenvalue weighted by atomic mass is 35.5. The van der Waals surface area contributed by atoms with Crippen LogP contribution in [-0.2, 0) is 25.7 Å². The Kier molecular flexibility index (Phi) is 12.4. The zero-order valence-corrected chi connectivity index (χ0v) is 34.3. The summed E-state index contributed by atoms with van der Waals surface area (Å²) in [6, 6.07) is 12.8. The maximum absolute atomic E-state index is 13.7. The summed E-state index contributed by atoms with van der Waals surface area (Å²) in [4.78, 5) is 80.5. The topological polar surface area (TPSA) is 181 Å². The van der Waals surface area contributed by atoms with Crippen molar-refractivity contribution < 1.29 is 33.1 Å². The summed E-state index contributed by atoms with van der Waals surface area (Å²) in [7, 11) is 1.51. The number of benzene rings is 3. The van der Waals surface area contributed by atoms with Gasteiger partial charge in [-0.3, -0.25) is 39.1 Å². The second-order valence-corrected chi connectivity index (χ2v) is 15.9. The van der Waals surface area contributed by atoms with Crippen molar-refractivity contribution in [2.45, 2.75) is 44.3 Å². The van der Waals surface area contributed by atoms with Gasteiger partial charge in [0.25, 0.3) is 5.91 Å². The molecule has 3 aromatic carbocycles. The van der Waals surface area contributed by atoms with Gasteiger partial charge in [-0.1, -0.05) is 23.7 Å². The van der Waals surface area contributed by atoms with Gasteiger partial charge in [0.1, 0.15) is 29.8 Å². The van der Waals surface area contributed by atoms with Crippen LogP contribution in [0.1, 0.15) is 41.6 Å². The fourth-order valence-corrected chi connectivity index (χ4v) is 8.66. The number of hydrogen-bond donors (Lipinski definition) is 4. The predicted octanol–water partition coefficient (Wildman–Crippen LogP) is 4.15. The van der Waals surface area contributed by atoms with Gasteiger partial charge in [0.15, 0.2) is 0 Å². The maximum atomic E-state index is 13.7. The second kappa shape index (κ2) is 18.2. The first-order valence-corrected chi connectivity index (χ1v) is 20.7. The van der Waals surface area contributed by atoms with E-state index in [0.29, 0.717) is 70.8 Å². The third-order valence-electron chi connectivity index (χ3n) is 11.8. The number of ether oxygens (including phenoxy) is 1. The molecule has 4 aliphatic rings. The molecule has 0 saturated carbocycles. The van der Waals surface area contributed by atoms with Crippen molar-refractivity contribution in [1.82, 2.24) is 34.9 Å². The Morgan fingerprint density at radius 2 is 1.79 bits per heavy atom. The molecule has 4 N–H and O–H groups in total. The van der Waals surface area contributed by atoms with Gasteiger partial charge < -0.3 is 30.5 Å². The Hall–Kier alpha value is -6.17. The van der Waals surface area contributed by atoms with Gasteiger partial charge in [0.05, 0.1) is 29.9 Å². The van der Waals surface area contributed by atoms with Crippen molar-refractivity contribution in [3.05, 3.63) is 89.0 Å². The van der Waals surface area contributed by atoms with E-state index in [2.05, 4.69) is 41.0 Å². The number of piperidine rings is 2. The fourth-order valence-electron chi connectivity index (χ4n) is 8.48. The number of rotatable bonds is 12. The van der Waals surface area contributed by atoms with E-state index in [9.17, 15) is 28.4 Å². The lowest BCUT2D eigenvalue weighted by Gasteiger charge is -2.42. The summed E-state index contributed by atoms with van der Waals surface area (Å²) >= 11 is 5.97. The number of fused-ring (bicyclic) bond motifs is 2. The van der Waals surface area contributed by atoms with Gasteiger partial charge in [-0.25, -0.2) is 14.4 Å². The Bertz CT molecular complexity index is 2400. The number of hydrogen-bond acceptors (Lipinski definition) is 12. The number of nitrogens with one attached hydrogen (secondary N) is 4. The van der Waals surface area contributed by atoms with E-state index in [1.165, 1.54) is 36.5 Å². The molecular formula is C43H46ClFN10O6. The molecule has 0 spiro atoms. The average Bonchev–Trinajstić information content (AvgIpc) is 3.60. The monoisotopic (exact) mass is 852 g/mol. The quantitative estimate of drug-likeness (QED) is 0.118. The molecule has 3 fully saturated rings. The molecule has 4 aromatic rings. The SMILES string of the molecule is COc1cc2ncnc(Nc3ccc(F)c(Cl)c3)c2cc1NC(=O)/C=C/CN1CCC(N2CCN(C(=O)CNc3cccc4c3CN(C3CCC(=O)NC3=O)C4=O)CC2)CC1. The average molecular weight is 853 g/mol. The number of piperazine rings is 1. The summed E-state index contributed by atoms with van der Waals surface area (Å²) in [5.74, 6) is -1.02. The molecule has 5 amide bonds. The van der Waals surface area contributed by atoms with E-state index in [1.807, 2.05) is 17.0 Å². The molecule has 0 aliphatic carbocycles. The number of imide groups is 1. The number of likely N-dealkylation sites (tertiary alicyclic amines) is 1. The summed E-state index contributed by atoms with van der Waals surface area (Å²) in [6.45, 7) is 5.55.